The highest BCUT2D eigenvalue weighted by molar-refractivity contribution is 7.21. The highest BCUT2D eigenvalue weighted by Gasteiger charge is 2.26. The number of hydrogen-bond donors (Lipinski definition) is 2. The summed E-state index contributed by atoms with van der Waals surface area (Å²) in [5.41, 5.74) is 12.7. The minimum absolute atomic E-state index is 0.0959. The van der Waals surface area contributed by atoms with Crippen LogP contribution in [0.4, 0.5) is 0 Å². The first-order valence-electron chi connectivity index (χ1n) is 9.99. The number of nitrogens with two attached hydrogens (primary N) is 1. The fourth-order valence-electron chi connectivity index (χ4n) is 4.21. The van der Waals surface area contributed by atoms with E-state index in [0.29, 0.717) is 12.5 Å². The van der Waals surface area contributed by atoms with Gasteiger partial charge in [0.15, 0.2) is 0 Å². The van der Waals surface area contributed by atoms with Crippen molar-refractivity contribution in [3.63, 3.8) is 0 Å². The molecule has 0 bridgehead atoms. The van der Waals surface area contributed by atoms with Crippen LogP contribution in [0.3, 0.4) is 0 Å². The third-order valence-electron chi connectivity index (χ3n) is 5.41. The molecular formula is C22H28N4OS. The molecule has 0 aliphatic carbocycles. The van der Waals surface area contributed by atoms with Crippen molar-refractivity contribution in [3.05, 3.63) is 40.0 Å². The fourth-order valence-corrected chi connectivity index (χ4v) is 5.49. The van der Waals surface area contributed by atoms with Crippen molar-refractivity contribution in [2.24, 2.45) is 5.73 Å². The Balaban J connectivity index is 1.76. The predicted octanol–water partition coefficient (Wildman–Crippen LogP) is 4.59. The Labute approximate surface area is 170 Å². The van der Waals surface area contributed by atoms with Crippen molar-refractivity contribution >= 4 is 27.5 Å². The molecule has 3 aromatic rings. The molecule has 3 N–H and O–H groups in total. The number of hydrogen-bond acceptors (Lipinski definition) is 4. The van der Waals surface area contributed by atoms with E-state index in [4.69, 9.17) is 5.73 Å². The Bertz CT molecular complexity index is 1010. The number of fused-ring (bicyclic) bond motifs is 1. The fraction of sp³-hybridized carbons (Fsp3) is 0.455. The van der Waals surface area contributed by atoms with Gasteiger partial charge in [0.25, 0.3) is 5.91 Å². The summed E-state index contributed by atoms with van der Waals surface area (Å²) in [6.45, 7) is 9.92. The smallest absolute Gasteiger partial charge is 0.264 e. The zero-order chi connectivity index (χ0) is 20.0. The second-order valence-electron chi connectivity index (χ2n) is 8.21. The number of rotatable bonds is 3. The van der Waals surface area contributed by atoms with E-state index < -0.39 is 0 Å². The average Bonchev–Trinajstić information content (AvgIpc) is 3.17. The maximum absolute atomic E-state index is 13.0. The van der Waals surface area contributed by atoms with Crippen LogP contribution in [-0.4, -0.2) is 39.9 Å². The molecule has 6 heteroatoms. The second-order valence-corrected chi connectivity index (χ2v) is 9.27. The van der Waals surface area contributed by atoms with Crippen LogP contribution in [0.2, 0.25) is 0 Å². The second kappa shape index (κ2) is 7.33. The lowest BCUT2D eigenvalue weighted by molar-refractivity contribution is 0.0714. The van der Waals surface area contributed by atoms with Gasteiger partial charge in [-0.25, -0.2) is 0 Å². The Kier molecular flexibility index (Phi) is 5.02. The van der Waals surface area contributed by atoms with Crippen molar-refractivity contribution in [2.45, 2.75) is 52.5 Å². The molecule has 28 heavy (non-hydrogen) atoms. The number of H-pyrrole nitrogens is 1. The molecular weight excluding hydrogens is 368 g/mol. The minimum atomic E-state index is 0.0959. The molecule has 0 saturated carbocycles. The van der Waals surface area contributed by atoms with E-state index in [1.807, 2.05) is 24.8 Å². The van der Waals surface area contributed by atoms with Gasteiger partial charge in [-0.2, -0.15) is 0 Å². The lowest BCUT2D eigenvalue weighted by Gasteiger charge is -2.30. The number of carbonyl (C=O) groups is 1. The molecule has 0 unspecified atom stereocenters. The number of nitrogens with one attached hydrogen (secondary N) is 1. The molecule has 0 aromatic carbocycles. The third-order valence-corrected chi connectivity index (χ3v) is 6.57. The van der Waals surface area contributed by atoms with Crippen LogP contribution in [0.5, 0.6) is 0 Å². The van der Waals surface area contributed by atoms with Gasteiger partial charge in [-0.3, -0.25) is 9.78 Å². The van der Waals surface area contributed by atoms with Crippen molar-refractivity contribution in [1.29, 1.82) is 0 Å². The van der Waals surface area contributed by atoms with Crippen LogP contribution >= 0.6 is 11.3 Å². The molecule has 1 aliphatic heterocycles. The lowest BCUT2D eigenvalue weighted by Crippen LogP contribution is -2.45. The number of nitrogens with zero attached hydrogens (tertiary/aromatic N) is 2. The van der Waals surface area contributed by atoms with Crippen molar-refractivity contribution in [3.8, 4) is 11.3 Å². The van der Waals surface area contributed by atoms with Gasteiger partial charge in [0.1, 0.15) is 0 Å². The highest BCUT2D eigenvalue weighted by atomic mass is 32.1. The van der Waals surface area contributed by atoms with Gasteiger partial charge in [0.05, 0.1) is 20.8 Å². The minimum Gasteiger partial charge on any atom is -0.354 e. The van der Waals surface area contributed by atoms with Crippen molar-refractivity contribution in [2.75, 3.05) is 13.1 Å². The Morgan fingerprint density at radius 3 is 2.64 bits per heavy atom. The summed E-state index contributed by atoms with van der Waals surface area (Å²) in [5, 5.41) is 0. The van der Waals surface area contributed by atoms with Crippen LogP contribution in [-0.2, 0) is 0 Å². The van der Waals surface area contributed by atoms with E-state index >= 15 is 0 Å². The van der Waals surface area contributed by atoms with Crippen LogP contribution in [0.15, 0.2) is 18.2 Å². The molecule has 4 heterocycles. The van der Waals surface area contributed by atoms with Gasteiger partial charge in [0, 0.05) is 36.1 Å². The first kappa shape index (κ1) is 19.2. The standard InChI is InChI=1S/C22H28N4OS/c1-12(2)19-20(15-8-13(3)24-14(4)9-15)25-17-10-18(28-21(17)19)22(27)26-7-5-6-16(23)11-26/h8-10,12,16,25H,5-7,11,23H2,1-4H3/t16-/m1/s1. The number of likely N-dealkylation sites (tertiary alicyclic amines) is 1. The average molecular weight is 397 g/mol. The van der Waals surface area contributed by atoms with E-state index in [0.717, 1.165) is 52.4 Å². The topological polar surface area (TPSA) is 75.0 Å². The zero-order valence-corrected chi connectivity index (χ0v) is 17.8. The van der Waals surface area contributed by atoms with Crippen molar-refractivity contribution < 1.29 is 4.79 Å². The molecule has 1 fully saturated rings. The monoisotopic (exact) mass is 396 g/mol. The summed E-state index contributed by atoms with van der Waals surface area (Å²) in [4.78, 5) is 23.8. The van der Waals surface area contributed by atoms with Crippen LogP contribution in [0.1, 0.15) is 59.2 Å². The Morgan fingerprint density at radius 1 is 1.29 bits per heavy atom. The summed E-state index contributed by atoms with van der Waals surface area (Å²) in [6, 6.07) is 6.35. The number of piperidine rings is 1. The summed E-state index contributed by atoms with van der Waals surface area (Å²) in [7, 11) is 0. The lowest BCUT2D eigenvalue weighted by atomic mass is 9.99. The van der Waals surface area contributed by atoms with Gasteiger partial charge in [-0.05, 0) is 56.4 Å². The molecule has 1 atom stereocenters. The van der Waals surface area contributed by atoms with Gasteiger partial charge in [-0.15, -0.1) is 11.3 Å². The maximum atomic E-state index is 13.0. The van der Waals surface area contributed by atoms with Crippen LogP contribution in [0, 0.1) is 13.8 Å². The van der Waals surface area contributed by atoms with E-state index in [9.17, 15) is 4.79 Å². The molecule has 4 rings (SSSR count). The first-order chi connectivity index (χ1) is 13.3. The number of amides is 1. The summed E-state index contributed by atoms with van der Waals surface area (Å²) in [6.07, 6.45) is 1.99. The Hall–Kier alpha value is -2.18. The number of pyridine rings is 1. The van der Waals surface area contributed by atoms with E-state index in [2.05, 4.69) is 35.9 Å². The van der Waals surface area contributed by atoms with Crippen LogP contribution < -0.4 is 5.73 Å². The Morgan fingerprint density at radius 2 is 2.00 bits per heavy atom. The largest absolute Gasteiger partial charge is 0.354 e. The maximum Gasteiger partial charge on any atom is 0.264 e. The number of aromatic amines is 1. The van der Waals surface area contributed by atoms with Gasteiger partial charge < -0.3 is 15.6 Å². The molecule has 0 radical (unpaired) electrons. The molecule has 1 saturated heterocycles. The number of thiophene rings is 1. The summed E-state index contributed by atoms with van der Waals surface area (Å²) in [5.74, 6) is 0.458. The molecule has 3 aromatic heterocycles. The number of carbonyl (C=O) groups excluding carboxylic acids is 1. The predicted molar refractivity (Wildman–Crippen MR) is 116 cm³/mol. The first-order valence-corrected chi connectivity index (χ1v) is 10.8. The van der Waals surface area contributed by atoms with Crippen LogP contribution in [0.25, 0.3) is 21.5 Å². The summed E-state index contributed by atoms with van der Waals surface area (Å²) < 4.78 is 1.18. The SMILES string of the molecule is Cc1cc(-c2[nH]c3cc(C(=O)N4CCC[C@@H](N)C4)sc3c2C(C)C)cc(C)n1. The molecule has 1 amide bonds. The molecule has 0 spiro atoms. The van der Waals surface area contributed by atoms with Crippen molar-refractivity contribution in [1.82, 2.24) is 14.9 Å². The van der Waals surface area contributed by atoms with Gasteiger partial charge in [0.2, 0.25) is 0 Å². The zero-order valence-electron chi connectivity index (χ0n) is 17.0. The third kappa shape index (κ3) is 3.47. The van der Waals surface area contributed by atoms with E-state index in [1.165, 1.54) is 10.3 Å². The molecule has 148 valence electrons. The van der Waals surface area contributed by atoms with E-state index in [-0.39, 0.29) is 11.9 Å². The summed E-state index contributed by atoms with van der Waals surface area (Å²) >= 11 is 1.60. The number of aryl methyl sites for hydroxylation is 2. The molecule has 1 aliphatic rings. The van der Waals surface area contributed by atoms with Gasteiger partial charge in [-0.1, -0.05) is 13.8 Å². The molecule has 5 nitrogen and oxygen atoms in total. The highest BCUT2D eigenvalue weighted by Crippen LogP contribution is 2.40. The normalized spacial score (nSPS) is 17.6. The number of aromatic nitrogens is 2. The van der Waals surface area contributed by atoms with Gasteiger partial charge >= 0.3 is 0 Å². The quantitative estimate of drug-likeness (QED) is 0.680. The van der Waals surface area contributed by atoms with E-state index in [1.54, 1.807) is 11.3 Å².